The standard InChI is InChI=1S/C47H93NO5/c1-3-5-7-9-11-13-15-17-18-19-23-27-31-35-39-45(50)44(43-49)48-46(51)40-36-32-28-24-21-22-26-30-34-38-42-53-47(52)41-37-33-29-25-20-16-14-12-10-8-6-4-2/h44-45,49-50H,3-43H2,1-2H3,(H,48,51). The van der Waals surface area contributed by atoms with Crippen molar-refractivity contribution in [1.29, 1.82) is 0 Å². The minimum atomic E-state index is -0.676. The maximum Gasteiger partial charge on any atom is 0.305 e. The highest BCUT2D eigenvalue weighted by molar-refractivity contribution is 5.76. The summed E-state index contributed by atoms with van der Waals surface area (Å²) < 4.78 is 5.44. The molecule has 2 atom stereocenters. The molecule has 6 heteroatoms. The average Bonchev–Trinajstić information content (AvgIpc) is 3.16. The first-order chi connectivity index (χ1) is 26.0. The molecule has 0 radical (unpaired) electrons. The van der Waals surface area contributed by atoms with E-state index in [2.05, 4.69) is 19.2 Å². The number of carbonyl (C=O) groups is 2. The summed E-state index contributed by atoms with van der Waals surface area (Å²) in [6.07, 6.45) is 46.2. The van der Waals surface area contributed by atoms with Gasteiger partial charge in [0.2, 0.25) is 5.91 Å². The van der Waals surface area contributed by atoms with Crippen LogP contribution in [0.2, 0.25) is 0 Å². The molecule has 0 bridgehead atoms. The topological polar surface area (TPSA) is 95.9 Å². The van der Waals surface area contributed by atoms with E-state index in [9.17, 15) is 19.8 Å². The fourth-order valence-corrected chi connectivity index (χ4v) is 7.46. The van der Waals surface area contributed by atoms with E-state index in [4.69, 9.17) is 4.74 Å². The van der Waals surface area contributed by atoms with Crippen molar-refractivity contribution >= 4 is 11.9 Å². The molecule has 6 nitrogen and oxygen atoms in total. The number of aliphatic hydroxyl groups is 2. The van der Waals surface area contributed by atoms with Crippen molar-refractivity contribution in [2.24, 2.45) is 0 Å². The number of carbonyl (C=O) groups excluding carboxylic acids is 2. The van der Waals surface area contributed by atoms with E-state index in [1.165, 1.54) is 173 Å². The fraction of sp³-hybridized carbons (Fsp3) is 0.957. The molecule has 316 valence electrons. The van der Waals surface area contributed by atoms with Gasteiger partial charge in [-0.1, -0.05) is 226 Å². The zero-order valence-electron chi connectivity index (χ0n) is 35.8. The van der Waals surface area contributed by atoms with Crippen LogP contribution in [0.25, 0.3) is 0 Å². The number of nitrogens with one attached hydrogen (secondary N) is 1. The first-order valence-corrected chi connectivity index (χ1v) is 23.8. The van der Waals surface area contributed by atoms with E-state index < -0.39 is 12.1 Å². The van der Waals surface area contributed by atoms with Crippen LogP contribution in [0.3, 0.4) is 0 Å². The summed E-state index contributed by atoms with van der Waals surface area (Å²) in [7, 11) is 0. The van der Waals surface area contributed by atoms with Crippen LogP contribution in [-0.4, -0.2) is 47.4 Å². The second-order valence-corrected chi connectivity index (χ2v) is 16.5. The van der Waals surface area contributed by atoms with Crippen LogP contribution in [0.1, 0.15) is 264 Å². The molecule has 2 unspecified atom stereocenters. The van der Waals surface area contributed by atoms with Crippen molar-refractivity contribution in [3.05, 3.63) is 0 Å². The van der Waals surface area contributed by atoms with Gasteiger partial charge in [0.1, 0.15) is 0 Å². The number of aliphatic hydroxyl groups excluding tert-OH is 2. The highest BCUT2D eigenvalue weighted by Gasteiger charge is 2.20. The van der Waals surface area contributed by atoms with Crippen molar-refractivity contribution in [2.75, 3.05) is 13.2 Å². The highest BCUT2D eigenvalue weighted by Crippen LogP contribution is 2.16. The number of amides is 1. The number of hydrogen-bond donors (Lipinski definition) is 3. The maximum absolute atomic E-state index is 12.4. The third kappa shape index (κ3) is 40.3. The van der Waals surface area contributed by atoms with Crippen molar-refractivity contribution in [3.8, 4) is 0 Å². The van der Waals surface area contributed by atoms with Gasteiger partial charge in [0.15, 0.2) is 0 Å². The molecule has 0 saturated carbocycles. The molecule has 0 heterocycles. The van der Waals surface area contributed by atoms with Gasteiger partial charge in [-0.05, 0) is 25.7 Å². The van der Waals surface area contributed by atoms with Crippen molar-refractivity contribution in [1.82, 2.24) is 5.32 Å². The van der Waals surface area contributed by atoms with Gasteiger partial charge in [-0.25, -0.2) is 0 Å². The van der Waals surface area contributed by atoms with Crippen LogP contribution >= 0.6 is 0 Å². The maximum atomic E-state index is 12.4. The molecule has 0 spiro atoms. The zero-order chi connectivity index (χ0) is 38.7. The molecular weight excluding hydrogens is 659 g/mol. The normalized spacial score (nSPS) is 12.6. The smallest absolute Gasteiger partial charge is 0.305 e. The summed E-state index contributed by atoms with van der Waals surface area (Å²) in [5, 5.41) is 23.2. The van der Waals surface area contributed by atoms with Gasteiger partial charge < -0.3 is 20.3 Å². The van der Waals surface area contributed by atoms with Crippen LogP contribution in [0.4, 0.5) is 0 Å². The van der Waals surface area contributed by atoms with E-state index in [0.29, 0.717) is 25.9 Å². The Morgan fingerprint density at radius 2 is 0.774 bits per heavy atom. The van der Waals surface area contributed by atoms with Crippen molar-refractivity contribution in [2.45, 2.75) is 276 Å². The third-order valence-electron chi connectivity index (χ3n) is 11.2. The molecule has 0 saturated heterocycles. The van der Waals surface area contributed by atoms with Gasteiger partial charge in [-0.15, -0.1) is 0 Å². The molecule has 0 aliphatic rings. The Morgan fingerprint density at radius 3 is 1.15 bits per heavy atom. The highest BCUT2D eigenvalue weighted by atomic mass is 16.5. The Kier molecular flexibility index (Phi) is 42.6. The SMILES string of the molecule is CCCCCCCCCCCCCCCCC(O)C(CO)NC(=O)CCCCCCCCCCCCOC(=O)CCCCCCCCCCCCCC. The van der Waals surface area contributed by atoms with Gasteiger partial charge in [-0.3, -0.25) is 9.59 Å². The Morgan fingerprint density at radius 1 is 0.453 bits per heavy atom. The van der Waals surface area contributed by atoms with Gasteiger partial charge in [0.05, 0.1) is 25.4 Å². The van der Waals surface area contributed by atoms with Gasteiger partial charge in [0.25, 0.3) is 0 Å². The molecule has 1 amide bonds. The lowest BCUT2D eigenvalue weighted by Crippen LogP contribution is -2.45. The summed E-state index contributed by atoms with van der Waals surface area (Å²) in [5.41, 5.74) is 0. The lowest BCUT2D eigenvalue weighted by molar-refractivity contribution is -0.143. The Balaban J connectivity index is 3.48. The number of hydrogen-bond acceptors (Lipinski definition) is 5. The van der Waals surface area contributed by atoms with E-state index >= 15 is 0 Å². The molecule has 0 aliphatic heterocycles. The summed E-state index contributed by atoms with van der Waals surface area (Å²) in [6, 6.07) is -0.555. The molecule has 53 heavy (non-hydrogen) atoms. The van der Waals surface area contributed by atoms with Crippen LogP contribution < -0.4 is 5.32 Å². The average molecular weight is 752 g/mol. The second kappa shape index (κ2) is 43.6. The lowest BCUT2D eigenvalue weighted by Gasteiger charge is -2.22. The van der Waals surface area contributed by atoms with E-state index in [1.807, 2.05) is 0 Å². The molecule has 0 aromatic heterocycles. The Hall–Kier alpha value is -1.14. The number of ether oxygens (including phenoxy) is 1. The summed E-state index contributed by atoms with van der Waals surface area (Å²) in [6.45, 7) is 4.90. The largest absolute Gasteiger partial charge is 0.466 e. The molecule has 0 rings (SSSR count). The predicted octanol–water partition coefficient (Wildman–Crippen LogP) is 13.6. The quantitative estimate of drug-likeness (QED) is 0.0425. The zero-order valence-corrected chi connectivity index (χ0v) is 35.8. The molecular formula is C47H93NO5. The number of esters is 1. The first kappa shape index (κ1) is 51.9. The van der Waals surface area contributed by atoms with Crippen LogP contribution in [0.5, 0.6) is 0 Å². The molecule has 0 fully saturated rings. The molecule has 0 aromatic rings. The fourth-order valence-electron chi connectivity index (χ4n) is 7.46. The van der Waals surface area contributed by atoms with E-state index in [-0.39, 0.29) is 18.5 Å². The van der Waals surface area contributed by atoms with Crippen LogP contribution in [0, 0.1) is 0 Å². The predicted molar refractivity (Wildman–Crippen MR) is 227 cm³/mol. The Labute approximate surface area is 330 Å². The summed E-state index contributed by atoms with van der Waals surface area (Å²) in [5.74, 6) is -0.0742. The molecule has 3 N–H and O–H groups in total. The van der Waals surface area contributed by atoms with Crippen LogP contribution in [-0.2, 0) is 14.3 Å². The van der Waals surface area contributed by atoms with Crippen LogP contribution in [0.15, 0.2) is 0 Å². The summed E-state index contributed by atoms with van der Waals surface area (Å²) in [4.78, 5) is 24.4. The third-order valence-corrected chi connectivity index (χ3v) is 11.2. The first-order valence-electron chi connectivity index (χ1n) is 23.8. The Bertz CT molecular complexity index is 746. The van der Waals surface area contributed by atoms with Gasteiger partial charge >= 0.3 is 5.97 Å². The van der Waals surface area contributed by atoms with E-state index in [0.717, 1.165) is 57.8 Å². The molecule has 0 aromatic carbocycles. The monoisotopic (exact) mass is 752 g/mol. The minimum Gasteiger partial charge on any atom is -0.466 e. The second-order valence-electron chi connectivity index (χ2n) is 16.5. The summed E-state index contributed by atoms with van der Waals surface area (Å²) >= 11 is 0. The minimum absolute atomic E-state index is 0.0178. The number of unbranched alkanes of at least 4 members (excludes halogenated alkanes) is 33. The molecule has 0 aliphatic carbocycles. The van der Waals surface area contributed by atoms with Gasteiger partial charge in [-0.2, -0.15) is 0 Å². The lowest BCUT2D eigenvalue weighted by atomic mass is 10.0. The van der Waals surface area contributed by atoms with Gasteiger partial charge in [0, 0.05) is 12.8 Å². The van der Waals surface area contributed by atoms with Crippen molar-refractivity contribution < 1.29 is 24.5 Å². The number of rotatable bonds is 44. The van der Waals surface area contributed by atoms with Crippen molar-refractivity contribution in [3.63, 3.8) is 0 Å². The van der Waals surface area contributed by atoms with E-state index in [1.54, 1.807) is 0 Å².